The van der Waals surface area contributed by atoms with Crippen LogP contribution < -0.4 is 5.84 Å². The van der Waals surface area contributed by atoms with E-state index >= 15 is 0 Å². The summed E-state index contributed by atoms with van der Waals surface area (Å²) in [5.41, 5.74) is 2.38. The first-order valence-electron chi connectivity index (χ1n) is 6.75. The van der Waals surface area contributed by atoms with Gasteiger partial charge in [-0.05, 0) is 42.0 Å². The van der Waals surface area contributed by atoms with Gasteiger partial charge in [-0.15, -0.1) is 10.2 Å². The second kappa shape index (κ2) is 6.50. The van der Waals surface area contributed by atoms with Crippen LogP contribution in [0.4, 0.5) is 4.39 Å². The molecular weight excluding hydrogens is 313 g/mol. The molecule has 0 radical (unpaired) electrons. The third kappa shape index (κ3) is 3.33. The normalized spacial score (nSPS) is 10.4. The summed E-state index contributed by atoms with van der Waals surface area (Å²) in [6.07, 6.45) is 0. The summed E-state index contributed by atoms with van der Waals surface area (Å²) >= 11 is 1.44. The molecular formula is C16H12FN5S. The SMILES string of the molecule is N#Cc1ccc(CSc2nnc(-c3ccc(F)cc3)n2N)cc1. The lowest BCUT2D eigenvalue weighted by atomic mass is 10.2. The minimum absolute atomic E-state index is 0.313. The topological polar surface area (TPSA) is 80.5 Å². The maximum atomic E-state index is 13.0. The molecule has 2 aromatic carbocycles. The third-order valence-electron chi connectivity index (χ3n) is 3.22. The number of nitriles is 1. The van der Waals surface area contributed by atoms with Gasteiger partial charge in [0.1, 0.15) is 5.82 Å². The molecule has 7 heteroatoms. The molecule has 1 heterocycles. The van der Waals surface area contributed by atoms with Crippen molar-refractivity contribution in [3.8, 4) is 17.5 Å². The van der Waals surface area contributed by atoms with Gasteiger partial charge in [-0.3, -0.25) is 0 Å². The van der Waals surface area contributed by atoms with Crippen molar-refractivity contribution < 1.29 is 4.39 Å². The molecule has 5 nitrogen and oxygen atoms in total. The molecule has 0 spiro atoms. The predicted octanol–water partition coefficient (Wildman–Crippen LogP) is 2.96. The van der Waals surface area contributed by atoms with Crippen molar-refractivity contribution in [3.05, 3.63) is 65.5 Å². The fourth-order valence-corrected chi connectivity index (χ4v) is 2.81. The van der Waals surface area contributed by atoms with E-state index in [4.69, 9.17) is 11.1 Å². The fourth-order valence-electron chi connectivity index (χ4n) is 1.99. The van der Waals surface area contributed by atoms with Crippen molar-refractivity contribution in [3.63, 3.8) is 0 Å². The van der Waals surface area contributed by atoms with Gasteiger partial charge in [0.15, 0.2) is 5.82 Å². The lowest BCUT2D eigenvalue weighted by Gasteiger charge is -2.04. The van der Waals surface area contributed by atoms with Gasteiger partial charge in [-0.25, -0.2) is 9.07 Å². The number of nitrogens with two attached hydrogens (primary N) is 1. The lowest BCUT2D eigenvalue weighted by molar-refractivity contribution is 0.628. The van der Waals surface area contributed by atoms with E-state index in [2.05, 4.69) is 16.3 Å². The van der Waals surface area contributed by atoms with E-state index in [0.717, 1.165) is 5.56 Å². The largest absolute Gasteiger partial charge is 0.335 e. The van der Waals surface area contributed by atoms with Crippen LogP contribution in [0, 0.1) is 17.1 Å². The number of nitrogens with zero attached hydrogens (tertiary/aromatic N) is 4. The standard InChI is InChI=1S/C16H12FN5S/c17-14-7-5-13(6-8-14)15-20-21-16(22(15)19)23-10-12-3-1-11(9-18)2-4-12/h1-8H,10,19H2. The van der Waals surface area contributed by atoms with Crippen LogP contribution in [0.2, 0.25) is 0 Å². The monoisotopic (exact) mass is 325 g/mol. The van der Waals surface area contributed by atoms with E-state index in [-0.39, 0.29) is 5.82 Å². The summed E-state index contributed by atoms with van der Waals surface area (Å²) in [7, 11) is 0. The Hall–Kier alpha value is -2.85. The van der Waals surface area contributed by atoms with Crippen LogP contribution in [-0.4, -0.2) is 14.9 Å². The van der Waals surface area contributed by atoms with Crippen LogP contribution in [0.1, 0.15) is 11.1 Å². The van der Waals surface area contributed by atoms with E-state index < -0.39 is 0 Å². The second-order valence-corrected chi connectivity index (χ2v) is 5.72. The minimum Gasteiger partial charge on any atom is -0.335 e. The van der Waals surface area contributed by atoms with Gasteiger partial charge in [-0.1, -0.05) is 23.9 Å². The number of hydrogen-bond donors (Lipinski definition) is 1. The van der Waals surface area contributed by atoms with Gasteiger partial charge in [-0.2, -0.15) is 5.26 Å². The summed E-state index contributed by atoms with van der Waals surface area (Å²) in [4.78, 5) is 0. The maximum Gasteiger partial charge on any atom is 0.210 e. The smallest absolute Gasteiger partial charge is 0.210 e. The minimum atomic E-state index is -0.313. The lowest BCUT2D eigenvalue weighted by Crippen LogP contribution is -2.11. The Morgan fingerprint density at radius 3 is 2.43 bits per heavy atom. The molecule has 2 N–H and O–H groups in total. The number of nitrogen functional groups attached to an aromatic ring is 1. The van der Waals surface area contributed by atoms with E-state index in [1.54, 1.807) is 24.3 Å². The highest BCUT2D eigenvalue weighted by molar-refractivity contribution is 7.98. The van der Waals surface area contributed by atoms with Gasteiger partial charge in [0.2, 0.25) is 5.16 Å². The molecule has 114 valence electrons. The highest BCUT2D eigenvalue weighted by atomic mass is 32.2. The average Bonchev–Trinajstić information content (AvgIpc) is 2.95. The van der Waals surface area contributed by atoms with Crippen molar-refractivity contribution >= 4 is 11.8 Å². The summed E-state index contributed by atoms with van der Waals surface area (Å²) < 4.78 is 14.4. The van der Waals surface area contributed by atoms with E-state index in [1.807, 2.05) is 12.1 Å². The first kappa shape index (κ1) is 15.1. The van der Waals surface area contributed by atoms with Gasteiger partial charge >= 0.3 is 0 Å². The zero-order valence-electron chi connectivity index (χ0n) is 12.0. The fraction of sp³-hybridized carbons (Fsp3) is 0.0625. The van der Waals surface area contributed by atoms with Gasteiger partial charge < -0.3 is 5.84 Å². The average molecular weight is 325 g/mol. The molecule has 0 aliphatic carbocycles. The number of thioether (sulfide) groups is 1. The number of hydrogen-bond acceptors (Lipinski definition) is 5. The Balaban J connectivity index is 1.74. The molecule has 3 aromatic rings. The molecule has 0 saturated heterocycles. The van der Waals surface area contributed by atoms with E-state index in [9.17, 15) is 4.39 Å². The van der Waals surface area contributed by atoms with Crippen LogP contribution in [-0.2, 0) is 5.75 Å². The number of rotatable bonds is 4. The van der Waals surface area contributed by atoms with Gasteiger partial charge in [0, 0.05) is 11.3 Å². The van der Waals surface area contributed by atoms with Crippen molar-refractivity contribution in [2.24, 2.45) is 0 Å². The molecule has 1 aromatic heterocycles. The highest BCUT2D eigenvalue weighted by Crippen LogP contribution is 2.24. The number of halogens is 1. The molecule has 0 unspecified atom stereocenters. The van der Waals surface area contributed by atoms with Crippen LogP contribution in [0.5, 0.6) is 0 Å². The predicted molar refractivity (Wildman–Crippen MR) is 86.3 cm³/mol. The third-order valence-corrected chi connectivity index (χ3v) is 4.23. The van der Waals surface area contributed by atoms with Gasteiger partial charge in [0.05, 0.1) is 11.6 Å². The molecule has 0 saturated carbocycles. The van der Waals surface area contributed by atoms with Crippen molar-refractivity contribution in [1.82, 2.24) is 14.9 Å². The molecule has 3 rings (SSSR count). The zero-order chi connectivity index (χ0) is 16.2. The number of benzene rings is 2. The van der Waals surface area contributed by atoms with Crippen LogP contribution in [0.25, 0.3) is 11.4 Å². The Bertz CT molecular complexity index is 850. The van der Waals surface area contributed by atoms with Crippen LogP contribution in [0.15, 0.2) is 53.7 Å². The maximum absolute atomic E-state index is 13.0. The highest BCUT2D eigenvalue weighted by Gasteiger charge is 2.12. The molecule has 0 atom stereocenters. The first-order chi connectivity index (χ1) is 11.2. The van der Waals surface area contributed by atoms with Crippen LogP contribution >= 0.6 is 11.8 Å². The van der Waals surface area contributed by atoms with Crippen LogP contribution in [0.3, 0.4) is 0 Å². The zero-order valence-corrected chi connectivity index (χ0v) is 12.8. The summed E-state index contributed by atoms with van der Waals surface area (Å²) in [6, 6.07) is 15.3. The van der Waals surface area contributed by atoms with E-state index in [0.29, 0.717) is 27.9 Å². The molecule has 0 fully saturated rings. The van der Waals surface area contributed by atoms with Crippen molar-refractivity contribution in [1.29, 1.82) is 5.26 Å². The summed E-state index contributed by atoms with van der Waals surface area (Å²) in [5, 5.41) is 17.5. The Labute approximate surface area is 136 Å². The Morgan fingerprint density at radius 2 is 1.78 bits per heavy atom. The molecule has 0 aliphatic rings. The first-order valence-corrected chi connectivity index (χ1v) is 7.74. The summed E-state index contributed by atoms with van der Waals surface area (Å²) in [6.45, 7) is 0. The second-order valence-electron chi connectivity index (χ2n) is 4.78. The quantitative estimate of drug-likeness (QED) is 0.589. The Morgan fingerprint density at radius 1 is 1.09 bits per heavy atom. The molecule has 0 aliphatic heterocycles. The van der Waals surface area contributed by atoms with Crippen molar-refractivity contribution in [2.45, 2.75) is 10.9 Å². The molecule has 0 bridgehead atoms. The number of aromatic nitrogens is 3. The summed E-state index contributed by atoms with van der Waals surface area (Å²) in [5.74, 6) is 6.84. The van der Waals surface area contributed by atoms with Crippen molar-refractivity contribution in [2.75, 3.05) is 5.84 Å². The Kier molecular flexibility index (Phi) is 4.26. The van der Waals surface area contributed by atoms with Gasteiger partial charge in [0.25, 0.3) is 0 Å². The molecule has 23 heavy (non-hydrogen) atoms. The molecule has 0 amide bonds. The van der Waals surface area contributed by atoms with E-state index in [1.165, 1.54) is 28.6 Å².